The van der Waals surface area contributed by atoms with Crippen molar-refractivity contribution in [3.05, 3.63) is 0 Å². The summed E-state index contributed by atoms with van der Waals surface area (Å²) >= 11 is 0. The Labute approximate surface area is 76.5 Å². The number of hydrogen-bond donors (Lipinski definition) is 0. The molecule has 2 nitrogen and oxygen atoms in total. The number of hydrogen-bond acceptors (Lipinski definition) is 2. The molecule has 0 heterocycles. The second-order valence-electron chi connectivity index (χ2n) is 3.41. The second-order valence-corrected chi connectivity index (χ2v) is 3.41. The Hall–Kier alpha value is -0.690. The van der Waals surface area contributed by atoms with Gasteiger partial charge >= 0.3 is 6.61 Å². The minimum atomic E-state index is -2.68. The van der Waals surface area contributed by atoms with E-state index in [4.69, 9.17) is 5.26 Å². The highest BCUT2D eigenvalue weighted by Gasteiger charge is 2.27. The fourth-order valence-corrected chi connectivity index (χ4v) is 1.92. The average molecular weight is 189 g/mol. The molecule has 2 atom stereocenters. The Morgan fingerprint density at radius 3 is 2.69 bits per heavy atom. The van der Waals surface area contributed by atoms with Crippen molar-refractivity contribution in [1.82, 2.24) is 0 Å². The van der Waals surface area contributed by atoms with Crippen LogP contribution in [0.3, 0.4) is 0 Å². The van der Waals surface area contributed by atoms with Crippen molar-refractivity contribution in [3.8, 4) is 6.07 Å². The van der Waals surface area contributed by atoms with Crippen LogP contribution >= 0.6 is 0 Å². The van der Waals surface area contributed by atoms with E-state index in [9.17, 15) is 8.78 Å². The van der Waals surface area contributed by atoms with E-state index < -0.39 is 6.61 Å². The lowest BCUT2D eigenvalue weighted by Crippen LogP contribution is -2.16. The minimum Gasteiger partial charge on any atom is -0.323 e. The smallest absolute Gasteiger partial charge is 0.323 e. The van der Waals surface area contributed by atoms with Gasteiger partial charge in [-0.15, -0.1) is 0 Å². The summed E-state index contributed by atoms with van der Waals surface area (Å²) in [5.41, 5.74) is 0. The first kappa shape index (κ1) is 10.4. The predicted molar refractivity (Wildman–Crippen MR) is 43.0 cm³/mol. The highest BCUT2D eigenvalue weighted by Crippen LogP contribution is 2.34. The molecule has 0 aromatic rings. The van der Waals surface area contributed by atoms with Crippen molar-refractivity contribution in [3.63, 3.8) is 0 Å². The summed E-state index contributed by atoms with van der Waals surface area (Å²) in [6.07, 6.45) is 3.39. The molecule has 1 rings (SSSR count). The predicted octanol–water partition coefficient (Wildman–Crippen LogP) is 2.56. The van der Waals surface area contributed by atoms with E-state index in [2.05, 4.69) is 10.8 Å². The Kier molecular flexibility index (Phi) is 4.10. The maximum absolute atomic E-state index is 11.7. The van der Waals surface area contributed by atoms with Gasteiger partial charge in [-0.2, -0.15) is 14.0 Å². The van der Waals surface area contributed by atoms with Gasteiger partial charge in [-0.1, -0.05) is 6.42 Å². The van der Waals surface area contributed by atoms with Crippen LogP contribution in [0.25, 0.3) is 0 Å². The van der Waals surface area contributed by atoms with Gasteiger partial charge in [-0.05, 0) is 24.7 Å². The quantitative estimate of drug-likeness (QED) is 0.680. The lowest BCUT2D eigenvalue weighted by atomic mass is 9.94. The number of nitrogens with zero attached hydrogens (tertiary/aromatic N) is 1. The Morgan fingerprint density at radius 2 is 2.08 bits per heavy atom. The van der Waals surface area contributed by atoms with Crippen LogP contribution in [0.5, 0.6) is 0 Å². The van der Waals surface area contributed by atoms with Crippen LogP contribution in [0.15, 0.2) is 0 Å². The lowest BCUT2D eigenvalue weighted by molar-refractivity contribution is -0.140. The first-order valence-corrected chi connectivity index (χ1v) is 4.50. The van der Waals surface area contributed by atoms with Gasteiger partial charge in [0, 0.05) is 6.42 Å². The largest absolute Gasteiger partial charge is 0.345 e. The van der Waals surface area contributed by atoms with Crippen LogP contribution in [-0.2, 0) is 4.74 Å². The summed E-state index contributed by atoms with van der Waals surface area (Å²) in [6.45, 7) is -2.58. The van der Waals surface area contributed by atoms with E-state index in [1.807, 2.05) is 0 Å². The molecule has 1 aliphatic carbocycles. The molecule has 0 aliphatic heterocycles. The minimum absolute atomic E-state index is 0.101. The van der Waals surface area contributed by atoms with Crippen LogP contribution in [0.4, 0.5) is 8.78 Å². The molecule has 0 saturated heterocycles. The van der Waals surface area contributed by atoms with Crippen molar-refractivity contribution in [2.75, 3.05) is 6.61 Å². The fourth-order valence-electron chi connectivity index (χ4n) is 1.92. The maximum atomic E-state index is 11.7. The van der Waals surface area contributed by atoms with Crippen LogP contribution in [0.2, 0.25) is 0 Å². The van der Waals surface area contributed by atoms with Crippen molar-refractivity contribution < 1.29 is 13.5 Å². The molecule has 13 heavy (non-hydrogen) atoms. The monoisotopic (exact) mass is 189 g/mol. The Balaban J connectivity index is 2.27. The van der Waals surface area contributed by atoms with E-state index in [1.165, 1.54) is 0 Å². The van der Waals surface area contributed by atoms with E-state index >= 15 is 0 Å². The second kappa shape index (κ2) is 5.13. The molecule has 0 bridgehead atoms. The van der Waals surface area contributed by atoms with Gasteiger partial charge in [0.05, 0.1) is 12.7 Å². The highest BCUT2D eigenvalue weighted by atomic mass is 19.3. The molecular weight excluding hydrogens is 176 g/mol. The lowest BCUT2D eigenvalue weighted by Gasteiger charge is -2.16. The summed E-state index contributed by atoms with van der Waals surface area (Å²) in [5.74, 6) is 0.428. The Morgan fingerprint density at radius 1 is 1.38 bits per heavy atom. The topological polar surface area (TPSA) is 33.0 Å². The molecule has 4 heteroatoms. The number of halogens is 2. The molecule has 74 valence electrons. The van der Waals surface area contributed by atoms with Crippen LogP contribution in [0.1, 0.15) is 25.7 Å². The third-order valence-corrected chi connectivity index (χ3v) is 2.61. The first-order chi connectivity index (χ1) is 6.24. The molecule has 0 aromatic carbocycles. The summed E-state index contributed by atoms with van der Waals surface area (Å²) in [4.78, 5) is 0. The zero-order valence-electron chi connectivity index (χ0n) is 7.38. The summed E-state index contributed by atoms with van der Waals surface area (Å²) < 4.78 is 27.7. The maximum Gasteiger partial charge on any atom is 0.345 e. The molecule has 0 aromatic heterocycles. The van der Waals surface area contributed by atoms with Crippen LogP contribution in [-0.4, -0.2) is 13.2 Å². The van der Waals surface area contributed by atoms with E-state index in [0.717, 1.165) is 19.3 Å². The molecule has 0 amide bonds. The van der Waals surface area contributed by atoms with Crippen LogP contribution in [0, 0.1) is 23.2 Å². The van der Waals surface area contributed by atoms with E-state index in [0.29, 0.717) is 6.42 Å². The average Bonchev–Trinajstić information content (AvgIpc) is 2.49. The van der Waals surface area contributed by atoms with Crippen molar-refractivity contribution in [2.45, 2.75) is 32.3 Å². The normalized spacial score (nSPS) is 27.8. The van der Waals surface area contributed by atoms with Gasteiger partial charge in [0.15, 0.2) is 0 Å². The number of ether oxygens (including phenoxy) is 1. The summed E-state index contributed by atoms with van der Waals surface area (Å²) in [7, 11) is 0. The molecule has 0 spiro atoms. The zero-order chi connectivity index (χ0) is 9.68. The van der Waals surface area contributed by atoms with Gasteiger partial charge in [0.25, 0.3) is 0 Å². The Bertz CT molecular complexity index is 191. The number of nitriles is 1. The summed E-state index contributed by atoms with van der Waals surface area (Å²) in [6, 6.07) is 2.08. The molecule has 1 fully saturated rings. The molecule has 0 N–H and O–H groups in total. The third-order valence-electron chi connectivity index (χ3n) is 2.61. The first-order valence-electron chi connectivity index (χ1n) is 4.50. The van der Waals surface area contributed by atoms with Crippen molar-refractivity contribution in [1.29, 1.82) is 5.26 Å². The fraction of sp³-hybridized carbons (Fsp3) is 0.889. The standard InChI is InChI=1S/C9H13F2NO/c10-9(11)13-6-8-3-1-2-7(8)4-5-12/h7-9H,1-4,6H2. The zero-order valence-corrected chi connectivity index (χ0v) is 7.38. The van der Waals surface area contributed by atoms with Gasteiger partial charge in [0.2, 0.25) is 0 Å². The van der Waals surface area contributed by atoms with Crippen LogP contribution < -0.4 is 0 Å². The van der Waals surface area contributed by atoms with E-state index in [1.54, 1.807) is 0 Å². The van der Waals surface area contributed by atoms with Crippen molar-refractivity contribution in [2.24, 2.45) is 11.8 Å². The SMILES string of the molecule is N#CCC1CCCC1COC(F)F. The molecule has 1 aliphatic rings. The third kappa shape index (κ3) is 3.27. The molecular formula is C9H13F2NO. The highest BCUT2D eigenvalue weighted by molar-refractivity contribution is 4.84. The van der Waals surface area contributed by atoms with Gasteiger partial charge in [-0.3, -0.25) is 0 Å². The molecule has 0 radical (unpaired) electrons. The number of alkyl halides is 2. The summed E-state index contributed by atoms with van der Waals surface area (Å²) in [5, 5.41) is 8.48. The van der Waals surface area contributed by atoms with Gasteiger partial charge in [-0.25, -0.2) is 0 Å². The molecule has 1 saturated carbocycles. The van der Waals surface area contributed by atoms with Gasteiger partial charge < -0.3 is 4.74 Å². The number of rotatable bonds is 4. The van der Waals surface area contributed by atoms with E-state index in [-0.39, 0.29) is 18.4 Å². The molecule has 2 unspecified atom stereocenters. The van der Waals surface area contributed by atoms with Crippen molar-refractivity contribution >= 4 is 0 Å². The van der Waals surface area contributed by atoms with Gasteiger partial charge in [0.1, 0.15) is 0 Å².